The van der Waals surface area contributed by atoms with Gasteiger partial charge in [-0.2, -0.15) is 0 Å². The van der Waals surface area contributed by atoms with Crippen LogP contribution < -0.4 is 5.32 Å². The summed E-state index contributed by atoms with van der Waals surface area (Å²) in [6.07, 6.45) is 14.3. The molecule has 0 saturated heterocycles. The molecule has 1 aliphatic heterocycles. The van der Waals surface area contributed by atoms with Crippen LogP contribution in [0.15, 0.2) is 63.8 Å². The molecule has 0 radical (unpaired) electrons. The number of nitrogens with zero attached hydrogens (tertiary/aromatic N) is 2. The van der Waals surface area contributed by atoms with Gasteiger partial charge in [-0.1, -0.05) is 76.6 Å². The Balaban J connectivity index is 0.000000419. The first-order valence-corrected chi connectivity index (χ1v) is 10.6. The largest absolute Gasteiger partial charge is 0.360 e. The molecule has 2 aliphatic carbocycles. The van der Waals surface area contributed by atoms with Crippen LogP contribution in [0.1, 0.15) is 59.6 Å². The van der Waals surface area contributed by atoms with Crippen LogP contribution in [0.4, 0.5) is 5.82 Å². The number of anilines is 1. The summed E-state index contributed by atoms with van der Waals surface area (Å²) >= 11 is 0. The van der Waals surface area contributed by atoms with Crippen molar-refractivity contribution in [2.75, 3.05) is 5.32 Å². The fourth-order valence-electron chi connectivity index (χ4n) is 3.61. The van der Waals surface area contributed by atoms with E-state index in [0.717, 1.165) is 23.6 Å². The molecule has 1 saturated carbocycles. The highest BCUT2D eigenvalue weighted by atomic mass is 16.5. The summed E-state index contributed by atoms with van der Waals surface area (Å²) in [5.41, 5.74) is 3.48. The molecule has 0 bridgehead atoms. The lowest BCUT2D eigenvalue weighted by molar-refractivity contribution is 0.399. The van der Waals surface area contributed by atoms with Crippen molar-refractivity contribution < 1.29 is 4.52 Å². The summed E-state index contributed by atoms with van der Waals surface area (Å²) in [5.74, 6) is 2.34. The van der Waals surface area contributed by atoms with E-state index in [-0.39, 0.29) is 11.5 Å². The topological polar surface area (TPSA) is 50.4 Å². The monoisotopic (exact) mass is 381 g/mol. The van der Waals surface area contributed by atoms with Gasteiger partial charge >= 0.3 is 0 Å². The van der Waals surface area contributed by atoms with E-state index in [1.165, 1.54) is 24.1 Å². The molecule has 1 aromatic rings. The van der Waals surface area contributed by atoms with Gasteiger partial charge in [0.25, 0.3) is 0 Å². The number of aryl methyl sites for hydroxylation is 1. The fourth-order valence-corrected chi connectivity index (χ4v) is 3.61. The summed E-state index contributed by atoms with van der Waals surface area (Å²) in [6, 6.07) is 1.93. The van der Waals surface area contributed by atoms with Crippen LogP contribution >= 0.6 is 0 Å². The third kappa shape index (κ3) is 4.21. The summed E-state index contributed by atoms with van der Waals surface area (Å²) in [4.78, 5) is 4.75. The average Bonchev–Trinajstić information content (AvgIpc) is 3.04. The van der Waals surface area contributed by atoms with Gasteiger partial charge in [-0.25, -0.2) is 0 Å². The second kappa shape index (κ2) is 9.72. The van der Waals surface area contributed by atoms with Crippen LogP contribution in [0.25, 0.3) is 0 Å². The molecule has 152 valence electrons. The number of fused-ring (bicyclic) bond motifs is 3. The van der Waals surface area contributed by atoms with Gasteiger partial charge in [-0.15, -0.1) is 0 Å². The molecule has 0 spiro atoms. The van der Waals surface area contributed by atoms with Crippen molar-refractivity contribution in [3.8, 4) is 0 Å². The summed E-state index contributed by atoms with van der Waals surface area (Å²) in [7, 11) is 0. The van der Waals surface area contributed by atoms with Gasteiger partial charge in [0, 0.05) is 24.1 Å². The Kier molecular flexibility index (Phi) is 7.61. The molecule has 0 aromatic carbocycles. The van der Waals surface area contributed by atoms with Crippen molar-refractivity contribution in [2.45, 2.75) is 66.3 Å². The molecule has 3 unspecified atom stereocenters. The van der Waals surface area contributed by atoms with E-state index in [4.69, 9.17) is 9.52 Å². The lowest BCUT2D eigenvalue weighted by Gasteiger charge is -2.27. The van der Waals surface area contributed by atoms with Gasteiger partial charge in [-0.05, 0) is 31.4 Å². The zero-order valence-electron chi connectivity index (χ0n) is 18.2. The minimum atomic E-state index is -0.0962. The lowest BCUT2D eigenvalue weighted by Crippen LogP contribution is -2.39. The van der Waals surface area contributed by atoms with Crippen molar-refractivity contribution in [3.05, 3.63) is 60.1 Å². The Morgan fingerprint density at radius 3 is 2.57 bits per heavy atom. The van der Waals surface area contributed by atoms with E-state index in [9.17, 15) is 0 Å². The SMILES string of the molecule is C=C/C(=C\C)C1=CN=C2C1C=CC1CC21Nc1cc(C)on1.CC.CCCC. The van der Waals surface area contributed by atoms with Crippen LogP contribution in [-0.2, 0) is 0 Å². The number of hydrogen-bond donors (Lipinski definition) is 1. The smallest absolute Gasteiger partial charge is 0.170 e. The molecule has 2 heterocycles. The average molecular weight is 382 g/mol. The van der Waals surface area contributed by atoms with Crippen LogP contribution in [-0.4, -0.2) is 16.4 Å². The van der Waals surface area contributed by atoms with Crippen LogP contribution in [0.3, 0.4) is 0 Å². The van der Waals surface area contributed by atoms with E-state index in [2.05, 4.69) is 49.1 Å². The number of rotatable bonds is 5. The number of hydrogen-bond acceptors (Lipinski definition) is 4. The number of nitrogens with one attached hydrogen (secondary N) is 1. The Labute approximate surface area is 170 Å². The molecule has 0 amide bonds. The minimum Gasteiger partial charge on any atom is -0.360 e. The third-order valence-electron chi connectivity index (χ3n) is 5.32. The molecule has 1 aromatic heterocycles. The van der Waals surface area contributed by atoms with E-state index >= 15 is 0 Å². The van der Waals surface area contributed by atoms with E-state index in [0.29, 0.717) is 5.92 Å². The molecule has 1 fully saturated rings. The van der Waals surface area contributed by atoms with Gasteiger partial charge in [0.1, 0.15) is 5.76 Å². The first-order valence-electron chi connectivity index (χ1n) is 10.6. The Morgan fingerprint density at radius 1 is 1.32 bits per heavy atom. The normalized spacial score (nSPS) is 26.4. The van der Waals surface area contributed by atoms with Gasteiger partial charge in [0.2, 0.25) is 0 Å². The van der Waals surface area contributed by atoms with Crippen molar-refractivity contribution >= 4 is 11.5 Å². The van der Waals surface area contributed by atoms with Gasteiger partial charge in [0.05, 0.1) is 11.3 Å². The highest BCUT2D eigenvalue weighted by Gasteiger charge is 2.61. The second-order valence-corrected chi connectivity index (χ2v) is 7.14. The Hall–Kier alpha value is -2.36. The van der Waals surface area contributed by atoms with Crippen LogP contribution in [0, 0.1) is 18.8 Å². The van der Waals surface area contributed by atoms with Gasteiger partial charge in [-0.3, -0.25) is 4.99 Å². The fraction of sp³-hybridized carbons (Fsp3) is 0.500. The first kappa shape index (κ1) is 21.9. The highest BCUT2D eigenvalue weighted by molar-refractivity contribution is 6.07. The molecule has 4 heteroatoms. The number of aliphatic imine (C=N–C) groups is 1. The number of aromatic nitrogens is 1. The molecule has 1 N–H and O–H groups in total. The predicted molar refractivity (Wildman–Crippen MR) is 120 cm³/mol. The van der Waals surface area contributed by atoms with Crippen molar-refractivity contribution in [2.24, 2.45) is 16.8 Å². The molecule has 3 atom stereocenters. The van der Waals surface area contributed by atoms with Crippen LogP contribution in [0.2, 0.25) is 0 Å². The first-order chi connectivity index (χ1) is 13.6. The zero-order valence-corrected chi connectivity index (χ0v) is 18.2. The second-order valence-electron chi connectivity index (χ2n) is 7.14. The van der Waals surface area contributed by atoms with Gasteiger partial charge < -0.3 is 9.84 Å². The predicted octanol–water partition coefficient (Wildman–Crippen LogP) is 6.64. The zero-order chi connectivity index (χ0) is 20.7. The molecular weight excluding hydrogens is 346 g/mol. The minimum absolute atomic E-state index is 0.0962. The van der Waals surface area contributed by atoms with Crippen molar-refractivity contribution in [1.82, 2.24) is 5.16 Å². The molecule has 4 rings (SSSR count). The maximum absolute atomic E-state index is 5.17. The number of allylic oxidation sites excluding steroid dienone is 5. The Morgan fingerprint density at radius 2 is 2.04 bits per heavy atom. The summed E-state index contributed by atoms with van der Waals surface area (Å²) in [6.45, 7) is 16.2. The van der Waals surface area contributed by atoms with Crippen LogP contribution in [0.5, 0.6) is 0 Å². The highest BCUT2D eigenvalue weighted by Crippen LogP contribution is 2.55. The van der Waals surface area contributed by atoms with E-state index in [1.54, 1.807) is 0 Å². The summed E-state index contributed by atoms with van der Waals surface area (Å²) < 4.78 is 5.17. The third-order valence-corrected chi connectivity index (χ3v) is 5.32. The summed E-state index contributed by atoms with van der Waals surface area (Å²) in [5, 5.41) is 7.63. The molecular formula is C24H35N3O. The van der Waals surface area contributed by atoms with E-state index in [1.807, 2.05) is 46.0 Å². The standard InChI is InChI=1S/C18H19N3O.C4H10.C2H6/c1-4-12(5-2)15-10-19-17-14(15)7-6-13-9-18(13,17)20-16-8-11(3)22-21-16;1-3-4-2;1-2/h4-8,10,13-14H,1,9H2,2-3H3,(H,20,21);3-4H2,1-2H3;1-2H3/b12-5+;;. The maximum Gasteiger partial charge on any atom is 0.170 e. The van der Waals surface area contributed by atoms with Gasteiger partial charge in [0.15, 0.2) is 5.82 Å². The van der Waals surface area contributed by atoms with E-state index < -0.39 is 0 Å². The number of unbranched alkanes of at least 4 members (excludes halogenated alkanes) is 1. The van der Waals surface area contributed by atoms with Crippen molar-refractivity contribution in [1.29, 1.82) is 0 Å². The Bertz CT molecular complexity index is 795. The molecule has 28 heavy (non-hydrogen) atoms. The maximum atomic E-state index is 5.17. The van der Waals surface area contributed by atoms with Crippen molar-refractivity contribution in [3.63, 3.8) is 0 Å². The lowest BCUT2D eigenvalue weighted by atomic mass is 9.82. The quantitative estimate of drug-likeness (QED) is 0.459. The molecule has 3 aliphatic rings. The molecule has 4 nitrogen and oxygen atoms in total.